The average molecular weight is 203 g/mol. The lowest BCUT2D eigenvalue weighted by Crippen LogP contribution is -2.14. The minimum atomic E-state index is -0.390. The minimum Gasteiger partial charge on any atom is -0.394 e. The Balaban J connectivity index is 2.41. The van der Waals surface area contributed by atoms with Crippen LogP contribution < -0.4 is 5.73 Å². The molecule has 4 N–H and O–H groups in total. The van der Waals surface area contributed by atoms with Crippen molar-refractivity contribution in [2.75, 3.05) is 6.61 Å². The first-order valence-electron chi connectivity index (χ1n) is 4.78. The molecule has 0 amide bonds. The summed E-state index contributed by atoms with van der Waals surface area (Å²) in [7, 11) is 0. The molecule has 0 fully saturated rings. The monoisotopic (exact) mass is 203 g/mol. The number of rotatable bonds is 3. The first kappa shape index (κ1) is 9.89. The molecule has 0 aliphatic rings. The van der Waals surface area contributed by atoms with E-state index in [1.54, 1.807) is 6.20 Å². The Labute approximate surface area is 87.7 Å². The van der Waals surface area contributed by atoms with Crippen LogP contribution in [0.25, 0.3) is 11.3 Å². The molecule has 4 nitrogen and oxygen atoms in total. The molecule has 0 spiro atoms. The number of aliphatic hydroxyl groups is 1. The summed E-state index contributed by atoms with van der Waals surface area (Å²) in [6, 6.07) is 9.37. The van der Waals surface area contributed by atoms with E-state index in [9.17, 15) is 0 Å². The largest absolute Gasteiger partial charge is 0.394 e. The lowest BCUT2D eigenvalue weighted by molar-refractivity contribution is 0.268. The summed E-state index contributed by atoms with van der Waals surface area (Å²) in [6.07, 6.45) is 1.73. The van der Waals surface area contributed by atoms with E-state index in [2.05, 4.69) is 10.2 Å². The highest BCUT2D eigenvalue weighted by molar-refractivity contribution is 5.63. The number of nitrogens with one attached hydrogen (secondary N) is 1. The van der Waals surface area contributed by atoms with Gasteiger partial charge in [0, 0.05) is 17.3 Å². The SMILES string of the molecule is NC(CO)c1c[nH]nc1-c1ccccc1. The van der Waals surface area contributed by atoms with E-state index in [-0.39, 0.29) is 12.6 Å². The van der Waals surface area contributed by atoms with Crippen molar-refractivity contribution >= 4 is 0 Å². The average Bonchev–Trinajstić information content (AvgIpc) is 2.78. The number of aromatic amines is 1. The van der Waals surface area contributed by atoms with Gasteiger partial charge in [0.25, 0.3) is 0 Å². The van der Waals surface area contributed by atoms with Crippen LogP contribution in [-0.4, -0.2) is 21.9 Å². The molecule has 0 aliphatic carbocycles. The Morgan fingerprint density at radius 2 is 2.07 bits per heavy atom. The van der Waals surface area contributed by atoms with Gasteiger partial charge >= 0.3 is 0 Å². The molecule has 1 aromatic carbocycles. The molecule has 15 heavy (non-hydrogen) atoms. The standard InChI is InChI=1S/C11H13N3O/c12-10(7-15)9-6-13-14-11(9)8-4-2-1-3-5-8/h1-6,10,15H,7,12H2,(H,13,14). The van der Waals surface area contributed by atoms with Crippen LogP contribution in [0.5, 0.6) is 0 Å². The summed E-state index contributed by atoms with van der Waals surface area (Å²) in [6.45, 7) is -0.0840. The van der Waals surface area contributed by atoms with E-state index in [1.165, 1.54) is 0 Å². The second-order valence-electron chi connectivity index (χ2n) is 3.34. The van der Waals surface area contributed by atoms with Crippen molar-refractivity contribution in [2.45, 2.75) is 6.04 Å². The number of nitrogens with zero attached hydrogens (tertiary/aromatic N) is 1. The van der Waals surface area contributed by atoms with E-state index in [1.807, 2.05) is 30.3 Å². The lowest BCUT2D eigenvalue weighted by atomic mass is 10.0. The van der Waals surface area contributed by atoms with Crippen LogP contribution >= 0.6 is 0 Å². The summed E-state index contributed by atoms with van der Waals surface area (Å²) in [5.41, 5.74) is 8.40. The van der Waals surface area contributed by atoms with Crippen LogP contribution in [0.3, 0.4) is 0 Å². The molecule has 1 unspecified atom stereocenters. The van der Waals surface area contributed by atoms with Gasteiger partial charge in [0.2, 0.25) is 0 Å². The van der Waals surface area contributed by atoms with Crippen molar-refractivity contribution in [3.05, 3.63) is 42.1 Å². The highest BCUT2D eigenvalue weighted by Gasteiger charge is 2.13. The maximum atomic E-state index is 9.01. The van der Waals surface area contributed by atoms with Crippen molar-refractivity contribution in [1.29, 1.82) is 0 Å². The molecular weight excluding hydrogens is 190 g/mol. The van der Waals surface area contributed by atoms with Gasteiger partial charge < -0.3 is 10.8 Å². The van der Waals surface area contributed by atoms with Gasteiger partial charge in [-0.1, -0.05) is 30.3 Å². The van der Waals surface area contributed by atoms with E-state index in [4.69, 9.17) is 10.8 Å². The third-order valence-electron chi connectivity index (χ3n) is 2.31. The number of aliphatic hydroxyl groups excluding tert-OH is 1. The number of hydrogen-bond donors (Lipinski definition) is 3. The van der Waals surface area contributed by atoms with Crippen LogP contribution in [0, 0.1) is 0 Å². The Bertz CT molecular complexity index is 424. The van der Waals surface area contributed by atoms with Gasteiger partial charge in [-0.2, -0.15) is 5.10 Å². The van der Waals surface area contributed by atoms with Gasteiger partial charge in [-0.25, -0.2) is 0 Å². The zero-order valence-corrected chi connectivity index (χ0v) is 8.22. The summed E-state index contributed by atoms with van der Waals surface area (Å²) in [5, 5.41) is 15.9. The van der Waals surface area contributed by atoms with E-state index >= 15 is 0 Å². The zero-order valence-electron chi connectivity index (χ0n) is 8.22. The molecule has 0 saturated heterocycles. The van der Waals surface area contributed by atoms with Gasteiger partial charge in [0.15, 0.2) is 0 Å². The first-order valence-corrected chi connectivity index (χ1v) is 4.78. The molecule has 0 bridgehead atoms. The summed E-state index contributed by atoms with van der Waals surface area (Å²) in [5.74, 6) is 0. The molecule has 0 saturated carbocycles. The number of H-pyrrole nitrogens is 1. The highest BCUT2D eigenvalue weighted by atomic mass is 16.3. The Hall–Kier alpha value is -1.65. The molecule has 78 valence electrons. The van der Waals surface area contributed by atoms with Gasteiger partial charge in [-0.3, -0.25) is 5.10 Å². The first-order chi connectivity index (χ1) is 7.33. The molecule has 2 aromatic rings. The Kier molecular flexibility index (Phi) is 2.80. The van der Waals surface area contributed by atoms with E-state index in [0.29, 0.717) is 0 Å². The molecular formula is C11H13N3O. The van der Waals surface area contributed by atoms with Crippen LogP contribution in [0.15, 0.2) is 36.5 Å². The second-order valence-corrected chi connectivity index (χ2v) is 3.34. The van der Waals surface area contributed by atoms with E-state index in [0.717, 1.165) is 16.8 Å². The van der Waals surface area contributed by atoms with Crippen molar-refractivity contribution in [3.63, 3.8) is 0 Å². The Morgan fingerprint density at radius 1 is 1.33 bits per heavy atom. The van der Waals surface area contributed by atoms with Gasteiger partial charge in [-0.05, 0) is 0 Å². The van der Waals surface area contributed by atoms with Crippen LogP contribution in [0.4, 0.5) is 0 Å². The fraction of sp³-hybridized carbons (Fsp3) is 0.182. The summed E-state index contributed by atoms with van der Waals surface area (Å²) >= 11 is 0. The molecule has 1 heterocycles. The van der Waals surface area contributed by atoms with Crippen molar-refractivity contribution in [1.82, 2.24) is 10.2 Å². The van der Waals surface area contributed by atoms with Gasteiger partial charge in [-0.15, -0.1) is 0 Å². The Morgan fingerprint density at radius 3 is 2.73 bits per heavy atom. The van der Waals surface area contributed by atoms with Gasteiger partial charge in [0.1, 0.15) is 0 Å². The predicted molar refractivity (Wildman–Crippen MR) is 58.0 cm³/mol. The zero-order chi connectivity index (χ0) is 10.7. The van der Waals surface area contributed by atoms with Crippen LogP contribution in [0.2, 0.25) is 0 Å². The quantitative estimate of drug-likeness (QED) is 0.698. The molecule has 1 aromatic heterocycles. The molecule has 2 rings (SSSR count). The smallest absolute Gasteiger partial charge is 0.0969 e. The van der Waals surface area contributed by atoms with Crippen LogP contribution in [-0.2, 0) is 0 Å². The molecule has 4 heteroatoms. The normalized spacial score (nSPS) is 12.7. The maximum absolute atomic E-state index is 9.01. The number of hydrogen-bond acceptors (Lipinski definition) is 3. The van der Waals surface area contributed by atoms with Crippen LogP contribution in [0.1, 0.15) is 11.6 Å². The number of nitrogens with two attached hydrogens (primary N) is 1. The van der Waals surface area contributed by atoms with Crippen molar-refractivity contribution < 1.29 is 5.11 Å². The van der Waals surface area contributed by atoms with E-state index < -0.39 is 0 Å². The third-order valence-corrected chi connectivity index (χ3v) is 2.31. The minimum absolute atomic E-state index is 0.0840. The predicted octanol–water partition coefficient (Wildman–Crippen LogP) is 1.07. The second kappa shape index (κ2) is 4.25. The van der Waals surface area contributed by atoms with Crippen molar-refractivity contribution in [2.24, 2.45) is 5.73 Å². The molecule has 0 radical (unpaired) electrons. The topological polar surface area (TPSA) is 74.9 Å². The highest BCUT2D eigenvalue weighted by Crippen LogP contribution is 2.24. The fourth-order valence-electron chi connectivity index (χ4n) is 1.51. The van der Waals surface area contributed by atoms with Gasteiger partial charge in [0.05, 0.1) is 18.3 Å². The summed E-state index contributed by atoms with van der Waals surface area (Å²) < 4.78 is 0. The fourth-order valence-corrected chi connectivity index (χ4v) is 1.51. The number of benzene rings is 1. The lowest BCUT2D eigenvalue weighted by Gasteiger charge is -2.07. The number of aromatic nitrogens is 2. The molecule has 1 atom stereocenters. The third kappa shape index (κ3) is 1.91. The maximum Gasteiger partial charge on any atom is 0.0969 e. The summed E-state index contributed by atoms with van der Waals surface area (Å²) in [4.78, 5) is 0. The van der Waals surface area contributed by atoms with Crippen molar-refractivity contribution in [3.8, 4) is 11.3 Å². The molecule has 0 aliphatic heterocycles.